The number of carboxylic acid groups (broad SMARTS) is 1. The van der Waals surface area contributed by atoms with Crippen molar-refractivity contribution in [2.24, 2.45) is 16.1 Å². The molecule has 0 aliphatic heterocycles. The topological polar surface area (TPSA) is 131 Å². The van der Waals surface area contributed by atoms with E-state index in [0.29, 0.717) is 5.56 Å². The number of carboxylic acids is 1. The molecule has 11 heteroatoms. The molecule has 0 bridgehead atoms. The first-order chi connectivity index (χ1) is 14.4. The van der Waals surface area contributed by atoms with E-state index in [1.54, 1.807) is 56.4 Å². The monoisotopic (exact) mass is 438 g/mol. The smallest absolute Gasteiger partial charge is 0.422 e. The van der Waals surface area contributed by atoms with Gasteiger partial charge in [0.05, 0.1) is 5.41 Å². The van der Waals surface area contributed by atoms with Gasteiger partial charge in [0.2, 0.25) is 5.88 Å². The third-order valence-electron chi connectivity index (χ3n) is 4.00. The summed E-state index contributed by atoms with van der Waals surface area (Å²) in [6.07, 6.45) is -3.02. The number of carbonyl (C=O) groups is 1. The number of ether oxygens (including phenoxy) is 2. The molecule has 1 aromatic carbocycles. The molecule has 0 aliphatic carbocycles. The summed E-state index contributed by atoms with van der Waals surface area (Å²) in [5, 5.41) is 16.4. The summed E-state index contributed by atoms with van der Waals surface area (Å²) >= 11 is 0. The SMILES string of the molecule is CC(C)(COc1ccc(-c2ccc(C(N)=NC(=N)OCC(F)(F)F)cc2)cn1)C(=O)O. The van der Waals surface area contributed by atoms with Crippen LogP contribution in [-0.2, 0) is 9.53 Å². The minimum absolute atomic E-state index is 0.0380. The average molecular weight is 438 g/mol. The van der Waals surface area contributed by atoms with Gasteiger partial charge in [0, 0.05) is 23.4 Å². The normalized spacial score (nSPS) is 12.4. The predicted molar refractivity (Wildman–Crippen MR) is 107 cm³/mol. The molecule has 2 rings (SSSR count). The second-order valence-electron chi connectivity index (χ2n) is 7.15. The minimum Gasteiger partial charge on any atom is -0.481 e. The van der Waals surface area contributed by atoms with E-state index in [1.807, 2.05) is 0 Å². The van der Waals surface area contributed by atoms with Crippen LogP contribution in [0.4, 0.5) is 13.2 Å². The van der Waals surface area contributed by atoms with Crippen molar-refractivity contribution in [3.05, 3.63) is 48.2 Å². The quantitative estimate of drug-likeness (QED) is 0.448. The molecule has 2 aromatic rings. The highest BCUT2D eigenvalue weighted by molar-refractivity contribution is 6.03. The summed E-state index contributed by atoms with van der Waals surface area (Å²) in [6, 6.07) is 8.98. The van der Waals surface area contributed by atoms with Crippen molar-refractivity contribution in [1.82, 2.24) is 4.98 Å². The molecule has 0 saturated heterocycles. The van der Waals surface area contributed by atoms with Crippen molar-refractivity contribution in [3.63, 3.8) is 0 Å². The molecule has 166 valence electrons. The largest absolute Gasteiger partial charge is 0.481 e. The first-order valence-corrected chi connectivity index (χ1v) is 8.93. The van der Waals surface area contributed by atoms with Gasteiger partial charge < -0.3 is 20.3 Å². The summed E-state index contributed by atoms with van der Waals surface area (Å²) in [6.45, 7) is 1.43. The van der Waals surface area contributed by atoms with Crippen molar-refractivity contribution in [3.8, 4) is 17.0 Å². The number of amidine groups is 2. The third kappa shape index (κ3) is 7.28. The zero-order valence-corrected chi connectivity index (χ0v) is 16.7. The second-order valence-corrected chi connectivity index (χ2v) is 7.15. The first kappa shape index (κ1) is 23.6. The van der Waals surface area contributed by atoms with E-state index >= 15 is 0 Å². The van der Waals surface area contributed by atoms with E-state index in [0.717, 1.165) is 11.1 Å². The van der Waals surface area contributed by atoms with Crippen LogP contribution >= 0.6 is 0 Å². The zero-order valence-electron chi connectivity index (χ0n) is 16.7. The Hall–Kier alpha value is -3.63. The second kappa shape index (κ2) is 9.45. The fourth-order valence-corrected chi connectivity index (χ4v) is 2.14. The van der Waals surface area contributed by atoms with E-state index in [1.165, 1.54) is 0 Å². The number of nitrogens with zero attached hydrogens (tertiary/aromatic N) is 2. The molecule has 1 aromatic heterocycles. The number of aliphatic carboxylic acids is 1. The Balaban J connectivity index is 2.02. The number of aromatic nitrogens is 1. The minimum atomic E-state index is -4.57. The van der Waals surface area contributed by atoms with E-state index in [-0.39, 0.29) is 18.3 Å². The molecule has 0 spiro atoms. The van der Waals surface area contributed by atoms with Gasteiger partial charge in [-0.05, 0) is 25.5 Å². The van der Waals surface area contributed by atoms with E-state index in [4.69, 9.17) is 21.0 Å². The Morgan fingerprint density at radius 1 is 1.13 bits per heavy atom. The molecule has 0 radical (unpaired) electrons. The van der Waals surface area contributed by atoms with Crippen LogP contribution in [0.2, 0.25) is 0 Å². The van der Waals surface area contributed by atoms with Gasteiger partial charge in [0.1, 0.15) is 12.4 Å². The van der Waals surface area contributed by atoms with Gasteiger partial charge in [-0.15, -0.1) is 0 Å². The number of rotatable bonds is 7. The molecule has 4 N–H and O–H groups in total. The molecular weight excluding hydrogens is 417 g/mol. The van der Waals surface area contributed by atoms with Crippen LogP contribution in [0.3, 0.4) is 0 Å². The van der Waals surface area contributed by atoms with Crippen LogP contribution in [0.1, 0.15) is 19.4 Å². The lowest BCUT2D eigenvalue weighted by molar-refractivity contribution is -0.156. The standard InChI is InChI=1S/C20H21F3N4O4/c1-19(2,17(28)29)10-30-15-8-7-14(9-26-15)12-3-5-13(6-4-12)16(24)27-18(25)31-11-20(21,22)23/h3-9H,10-11H2,1-2H3,(H,28,29)(H3,24,25,27). The molecule has 0 unspecified atom stereocenters. The molecule has 0 fully saturated rings. The summed E-state index contributed by atoms with van der Waals surface area (Å²) in [5.41, 5.74) is 6.57. The lowest BCUT2D eigenvalue weighted by atomic mass is 9.95. The predicted octanol–water partition coefficient (Wildman–Crippen LogP) is 3.46. The number of halogens is 3. The maximum Gasteiger partial charge on any atom is 0.422 e. The van der Waals surface area contributed by atoms with Crippen molar-refractivity contribution >= 4 is 17.8 Å². The van der Waals surface area contributed by atoms with Crippen molar-refractivity contribution in [1.29, 1.82) is 5.41 Å². The molecule has 31 heavy (non-hydrogen) atoms. The van der Waals surface area contributed by atoms with Gasteiger partial charge in [-0.3, -0.25) is 4.79 Å². The summed E-state index contributed by atoms with van der Waals surface area (Å²) in [7, 11) is 0. The number of nitrogens with one attached hydrogen (secondary N) is 1. The maximum atomic E-state index is 12.1. The number of pyridine rings is 1. The summed E-state index contributed by atoms with van der Waals surface area (Å²) < 4.78 is 45.9. The fraction of sp³-hybridized carbons (Fsp3) is 0.300. The highest BCUT2D eigenvalue weighted by Crippen LogP contribution is 2.23. The Labute approximate surface area is 176 Å². The Morgan fingerprint density at radius 3 is 2.26 bits per heavy atom. The molecule has 0 atom stereocenters. The number of benzene rings is 1. The Morgan fingerprint density at radius 2 is 1.74 bits per heavy atom. The number of aliphatic imine (C=N–C) groups is 1. The van der Waals surface area contributed by atoms with Crippen LogP contribution in [0, 0.1) is 10.8 Å². The van der Waals surface area contributed by atoms with Gasteiger partial charge in [0.25, 0.3) is 0 Å². The highest BCUT2D eigenvalue weighted by atomic mass is 19.4. The van der Waals surface area contributed by atoms with E-state index < -0.39 is 30.2 Å². The summed E-state index contributed by atoms with van der Waals surface area (Å²) in [5.74, 6) is -0.862. The van der Waals surface area contributed by atoms with Gasteiger partial charge >= 0.3 is 18.2 Å². The van der Waals surface area contributed by atoms with E-state index in [9.17, 15) is 18.0 Å². The van der Waals surface area contributed by atoms with Crippen LogP contribution in [0.25, 0.3) is 11.1 Å². The van der Waals surface area contributed by atoms with Crippen LogP contribution in [0.15, 0.2) is 47.6 Å². The molecule has 0 amide bonds. The lowest BCUT2D eigenvalue weighted by Gasteiger charge is -2.18. The third-order valence-corrected chi connectivity index (χ3v) is 4.00. The zero-order chi connectivity index (χ0) is 23.2. The van der Waals surface area contributed by atoms with Crippen LogP contribution in [0.5, 0.6) is 5.88 Å². The number of alkyl halides is 3. The molecule has 0 saturated carbocycles. The fourth-order valence-electron chi connectivity index (χ4n) is 2.14. The van der Waals surface area contributed by atoms with Crippen molar-refractivity contribution in [2.75, 3.05) is 13.2 Å². The average Bonchev–Trinajstić information content (AvgIpc) is 2.71. The van der Waals surface area contributed by atoms with Gasteiger partial charge in [-0.2, -0.15) is 18.2 Å². The van der Waals surface area contributed by atoms with Crippen LogP contribution < -0.4 is 10.5 Å². The first-order valence-electron chi connectivity index (χ1n) is 8.93. The molecule has 1 heterocycles. The molecule has 8 nitrogen and oxygen atoms in total. The maximum absolute atomic E-state index is 12.1. The van der Waals surface area contributed by atoms with Crippen molar-refractivity contribution in [2.45, 2.75) is 20.0 Å². The van der Waals surface area contributed by atoms with Gasteiger partial charge in [-0.1, -0.05) is 24.3 Å². The van der Waals surface area contributed by atoms with Crippen molar-refractivity contribution < 1.29 is 32.5 Å². The molecule has 0 aliphatic rings. The Kier molecular flexibility index (Phi) is 7.21. The van der Waals surface area contributed by atoms with Gasteiger partial charge in [0.15, 0.2) is 6.61 Å². The van der Waals surface area contributed by atoms with Crippen LogP contribution in [-0.4, -0.2) is 47.3 Å². The highest BCUT2D eigenvalue weighted by Gasteiger charge is 2.29. The lowest BCUT2D eigenvalue weighted by Crippen LogP contribution is -2.30. The van der Waals surface area contributed by atoms with Gasteiger partial charge in [-0.25, -0.2) is 10.4 Å². The summed E-state index contributed by atoms with van der Waals surface area (Å²) in [4.78, 5) is 18.8. The van der Waals surface area contributed by atoms with E-state index in [2.05, 4.69) is 14.7 Å². The number of hydrogen-bond acceptors (Lipinski definition) is 5. The number of hydrogen-bond donors (Lipinski definition) is 3. The number of nitrogens with two attached hydrogens (primary N) is 1. The molecular formula is C20H21F3N4O4. The Bertz CT molecular complexity index is 956.